The normalized spacial score (nSPS) is 17.1. The van der Waals surface area contributed by atoms with Crippen LogP contribution in [-0.4, -0.2) is 47.4 Å². The number of hydrogen-bond acceptors (Lipinski definition) is 4. The lowest BCUT2D eigenvalue weighted by molar-refractivity contribution is -0.0864. The summed E-state index contributed by atoms with van der Waals surface area (Å²) in [6.45, 7) is 0.781. The number of pyridine rings is 1. The quantitative estimate of drug-likeness (QED) is 0.734. The van der Waals surface area contributed by atoms with Crippen molar-refractivity contribution in [2.24, 2.45) is 0 Å². The van der Waals surface area contributed by atoms with Crippen LogP contribution in [0.4, 0.5) is 0 Å². The number of carbonyl (C=O) groups excluding carboxylic acids is 1. The molecular weight excluding hydrogens is 208 g/mol. The van der Waals surface area contributed by atoms with E-state index < -0.39 is 6.29 Å². The van der Waals surface area contributed by atoms with E-state index in [4.69, 9.17) is 4.74 Å². The monoisotopic (exact) mass is 222 g/mol. The van der Waals surface area contributed by atoms with Gasteiger partial charge in [0.2, 0.25) is 0 Å². The molecule has 0 radical (unpaired) electrons. The third-order valence-electron chi connectivity index (χ3n) is 2.68. The molecule has 0 fully saturated rings. The zero-order valence-corrected chi connectivity index (χ0v) is 9.09. The lowest BCUT2D eigenvalue weighted by Gasteiger charge is -2.28. The number of carbonyl (C=O) groups is 1. The second-order valence-electron chi connectivity index (χ2n) is 3.70. The first-order valence-corrected chi connectivity index (χ1v) is 5.16. The molecule has 0 saturated heterocycles. The zero-order valence-electron chi connectivity index (χ0n) is 9.09. The number of hydrogen-bond donors (Lipinski definition) is 1. The molecule has 1 aromatic heterocycles. The lowest BCUT2D eigenvalue weighted by Crippen LogP contribution is -2.43. The minimum Gasteiger partial charge on any atom is -0.366 e. The predicted molar refractivity (Wildman–Crippen MR) is 56.9 cm³/mol. The Kier molecular flexibility index (Phi) is 3.17. The van der Waals surface area contributed by atoms with E-state index in [1.165, 1.54) is 7.11 Å². The Hall–Kier alpha value is -1.46. The van der Waals surface area contributed by atoms with Gasteiger partial charge < -0.3 is 14.7 Å². The summed E-state index contributed by atoms with van der Waals surface area (Å²) in [5.74, 6) is -0.141. The molecule has 0 saturated carbocycles. The van der Waals surface area contributed by atoms with Crippen molar-refractivity contribution >= 4 is 5.91 Å². The standard InChI is InChI=1S/C11H14N2O3/c1-16-9(14)7-13-6-4-8-3-2-5-12-10(8)11(13)15/h2-3,5,9,14H,4,6-7H2,1H3. The first-order valence-electron chi connectivity index (χ1n) is 5.16. The van der Waals surface area contributed by atoms with Gasteiger partial charge in [0.25, 0.3) is 5.91 Å². The van der Waals surface area contributed by atoms with Crippen molar-refractivity contribution in [2.75, 3.05) is 20.2 Å². The molecule has 0 spiro atoms. The molecule has 1 atom stereocenters. The van der Waals surface area contributed by atoms with E-state index in [0.29, 0.717) is 12.2 Å². The molecule has 1 unspecified atom stereocenters. The van der Waals surface area contributed by atoms with Gasteiger partial charge in [-0.1, -0.05) is 6.07 Å². The highest BCUT2D eigenvalue weighted by Crippen LogP contribution is 2.16. The topological polar surface area (TPSA) is 62.7 Å². The van der Waals surface area contributed by atoms with Gasteiger partial charge in [-0.25, -0.2) is 0 Å². The van der Waals surface area contributed by atoms with Crippen molar-refractivity contribution in [3.63, 3.8) is 0 Å². The molecule has 16 heavy (non-hydrogen) atoms. The Labute approximate surface area is 93.7 Å². The third kappa shape index (κ3) is 2.05. The molecule has 1 aliphatic heterocycles. The number of nitrogens with zero attached hydrogens (tertiary/aromatic N) is 2. The highest BCUT2D eigenvalue weighted by Gasteiger charge is 2.26. The SMILES string of the molecule is COC(O)CN1CCc2cccnc2C1=O. The van der Waals surface area contributed by atoms with Crippen molar-refractivity contribution in [2.45, 2.75) is 12.7 Å². The van der Waals surface area contributed by atoms with E-state index in [9.17, 15) is 9.90 Å². The van der Waals surface area contributed by atoms with Crippen LogP contribution >= 0.6 is 0 Å². The third-order valence-corrected chi connectivity index (χ3v) is 2.68. The second kappa shape index (κ2) is 4.59. The van der Waals surface area contributed by atoms with Crippen LogP contribution in [0.1, 0.15) is 16.1 Å². The molecule has 1 aromatic rings. The van der Waals surface area contributed by atoms with Crippen LogP contribution in [0, 0.1) is 0 Å². The van der Waals surface area contributed by atoms with Gasteiger partial charge >= 0.3 is 0 Å². The number of fused-ring (bicyclic) bond motifs is 1. The summed E-state index contributed by atoms with van der Waals surface area (Å²) in [7, 11) is 1.41. The van der Waals surface area contributed by atoms with Gasteiger partial charge in [-0.3, -0.25) is 9.78 Å². The molecule has 5 heteroatoms. The Morgan fingerprint density at radius 3 is 3.25 bits per heavy atom. The van der Waals surface area contributed by atoms with Crippen LogP contribution in [0.25, 0.3) is 0 Å². The van der Waals surface area contributed by atoms with Gasteiger partial charge in [0.15, 0.2) is 6.29 Å². The number of β-amino-alcohol motifs (C(OH)–C–C–N with tert-alkyl or cyclic N) is 1. The fourth-order valence-corrected chi connectivity index (χ4v) is 1.78. The van der Waals surface area contributed by atoms with Crippen molar-refractivity contribution < 1.29 is 14.6 Å². The minimum atomic E-state index is -0.936. The van der Waals surface area contributed by atoms with E-state index in [1.807, 2.05) is 12.1 Å². The summed E-state index contributed by atoms with van der Waals surface area (Å²) in [4.78, 5) is 17.6. The fourth-order valence-electron chi connectivity index (χ4n) is 1.78. The highest BCUT2D eigenvalue weighted by molar-refractivity contribution is 5.94. The first kappa shape index (κ1) is 11.0. The van der Waals surface area contributed by atoms with E-state index >= 15 is 0 Å². The zero-order chi connectivity index (χ0) is 11.5. The Bertz CT molecular complexity index is 395. The number of rotatable bonds is 3. The van der Waals surface area contributed by atoms with Crippen molar-refractivity contribution in [3.8, 4) is 0 Å². The van der Waals surface area contributed by atoms with Gasteiger partial charge in [0, 0.05) is 19.9 Å². The van der Waals surface area contributed by atoms with Gasteiger partial charge in [0.05, 0.1) is 6.54 Å². The number of methoxy groups -OCH3 is 1. The molecule has 1 aliphatic rings. The number of aromatic nitrogens is 1. The fraction of sp³-hybridized carbons (Fsp3) is 0.455. The van der Waals surface area contributed by atoms with Crippen LogP contribution in [0.15, 0.2) is 18.3 Å². The molecule has 2 heterocycles. The average molecular weight is 222 g/mol. The summed E-state index contributed by atoms with van der Waals surface area (Å²) in [5, 5.41) is 9.34. The summed E-state index contributed by atoms with van der Waals surface area (Å²) in [5.41, 5.74) is 1.45. The summed E-state index contributed by atoms with van der Waals surface area (Å²) < 4.78 is 4.73. The minimum absolute atomic E-state index is 0.141. The molecule has 5 nitrogen and oxygen atoms in total. The van der Waals surface area contributed by atoms with Gasteiger partial charge in [-0.05, 0) is 18.1 Å². The maximum Gasteiger partial charge on any atom is 0.272 e. The van der Waals surface area contributed by atoms with Crippen LogP contribution in [0.2, 0.25) is 0 Å². The van der Waals surface area contributed by atoms with E-state index in [2.05, 4.69) is 4.98 Å². The highest BCUT2D eigenvalue weighted by atomic mass is 16.6. The molecule has 2 rings (SSSR count). The largest absolute Gasteiger partial charge is 0.366 e. The number of amides is 1. The number of aliphatic hydroxyl groups is 1. The number of ether oxygens (including phenoxy) is 1. The predicted octanol–water partition coefficient (Wildman–Crippen LogP) is 0.0447. The summed E-state index contributed by atoms with van der Waals surface area (Å²) in [6, 6.07) is 3.73. The van der Waals surface area contributed by atoms with Crippen molar-refractivity contribution in [1.29, 1.82) is 0 Å². The molecule has 0 aromatic carbocycles. The lowest BCUT2D eigenvalue weighted by atomic mass is 10.0. The van der Waals surface area contributed by atoms with Crippen LogP contribution in [0.5, 0.6) is 0 Å². The van der Waals surface area contributed by atoms with Crippen LogP contribution in [0.3, 0.4) is 0 Å². The van der Waals surface area contributed by atoms with Gasteiger partial charge in [0.1, 0.15) is 5.69 Å². The summed E-state index contributed by atoms with van der Waals surface area (Å²) >= 11 is 0. The molecule has 86 valence electrons. The van der Waals surface area contributed by atoms with Gasteiger partial charge in [-0.15, -0.1) is 0 Å². The number of aliphatic hydroxyl groups excluding tert-OH is 1. The molecular formula is C11H14N2O3. The van der Waals surface area contributed by atoms with Crippen molar-refractivity contribution in [1.82, 2.24) is 9.88 Å². The van der Waals surface area contributed by atoms with Gasteiger partial charge in [-0.2, -0.15) is 0 Å². The maximum absolute atomic E-state index is 12.0. The molecule has 0 bridgehead atoms. The molecule has 1 N–H and O–H groups in total. The smallest absolute Gasteiger partial charge is 0.272 e. The van der Waals surface area contributed by atoms with E-state index in [1.54, 1.807) is 11.1 Å². The van der Waals surface area contributed by atoms with Crippen LogP contribution < -0.4 is 0 Å². The Morgan fingerprint density at radius 1 is 1.69 bits per heavy atom. The molecule has 1 amide bonds. The van der Waals surface area contributed by atoms with E-state index in [-0.39, 0.29) is 12.5 Å². The Balaban J connectivity index is 2.15. The van der Waals surface area contributed by atoms with Crippen LogP contribution in [-0.2, 0) is 11.2 Å². The average Bonchev–Trinajstić information content (AvgIpc) is 2.33. The first-order chi connectivity index (χ1) is 7.72. The maximum atomic E-state index is 12.0. The van der Waals surface area contributed by atoms with E-state index in [0.717, 1.165) is 12.0 Å². The summed E-state index contributed by atoms with van der Waals surface area (Å²) in [6.07, 6.45) is 1.44. The second-order valence-corrected chi connectivity index (χ2v) is 3.70. The Morgan fingerprint density at radius 2 is 2.50 bits per heavy atom. The molecule has 0 aliphatic carbocycles. The van der Waals surface area contributed by atoms with Crippen molar-refractivity contribution in [3.05, 3.63) is 29.6 Å².